The van der Waals surface area contributed by atoms with Gasteiger partial charge in [0.25, 0.3) is 11.7 Å². The zero-order valence-corrected chi connectivity index (χ0v) is 21.8. The van der Waals surface area contributed by atoms with E-state index < -0.39 is 17.7 Å². The number of ether oxygens (including phenoxy) is 3. The van der Waals surface area contributed by atoms with Crippen LogP contribution in [0.1, 0.15) is 36.6 Å². The number of ketones is 1. The summed E-state index contributed by atoms with van der Waals surface area (Å²) < 4.78 is 16.6. The Morgan fingerprint density at radius 2 is 1.65 bits per heavy atom. The summed E-state index contributed by atoms with van der Waals surface area (Å²) in [6.45, 7) is 3.94. The number of halogens is 1. The minimum Gasteiger partial charge on any atom is -0.507 e. The van der Waals surface area contributed by atoms with Crippen molar-refractivity contribution in [1.82, 2.24) is 4.90 Å². The van der Waals surface area contributed by atoms with Gasteiger partial charge >= 0.3 is 0 Å². The zero-order chi connectivity index (χ0) is 26.7. The first-order chi connectivity index (χ1) is 17.7. The molecule has 1 amide bonds. The van der Waals surface area contributed by atoms with Gasteiger partial charge in [-0.2, -0.15) is 0 Å². The molecule has 3 aromatic carbocycles. The molecule has 1 aliphatic rings. The maximum atomic E-state index is 13.4. The summed E-state index contributed by atoms with van der Waals surface area (Å²) in [6.07, 6.45) is -0.0164. The van der Waals surface area contributed by atoms with Gasteiger partial charge < -0.3 is 24.2 Å². The predicted molar refractivity (Wildman–Crippen MR) is 141 cm³/mol. The first kappa shape index (κ1) is 26.1. The second-order valence-electron chi connectivity index (χ2n) is 8.82. The number of aliphatic hydroxyl groups excluding tert-OH is 1. The van der Waals surface area contributed by atoms with Gasteiger partial charge in [-0.25, -0.2) is 0 Å². The molecule has 1 fully saturated rings. The highest BCUT2D eigenvalue weighted by Gasteiger charge is 2.46. The minimum absolute atomic E-state index is 0.0164. The van der Waals surface area contributed by atoms with Crippen LogP contribution in [0.25, 0.3) is 5.76 Å². The lowest BCUT2D eigenvalue weighted by atomic mass is 9.94. The molecule has 0 aliphatic carbocycles. The van der Waals surface area contributed by atoms with E-state index in [0.717, 1.165) is 5.56 Å². The molecule has 1 unspecified atom stereocenters. The van der Waals surface area contributed by atoms with Crippen molar-refractivity contribution < 1.29 is 28.9 Å². The Labute approximate surface area is 220 Å². The third-order valence-corrected chi connectivity index (χ3v) is 6.29. The van der Waals surface area contributed by atoms with Crippen LogP contribution in [0, 0.1) is 0 Å². The number of rotatable bonds is 8. The van der Waals surface area contributed by atoms with E-state index in [4.69, 9.17) is 25.8 Å². The molecule has 192 valence electrons. The lowest BCUT2D eigenvalue weighted by Crippen LogP contribution is -2.29. The topological polar surface area (TPSA) is 85.3 Å². The second-order valence-corrected chi connectivity index (χ2v) is 9.26. The van der Waals surface area contributed by atoms with Gasteiger partial charge in [0.05, 0.1) is 44.0 Å². The van der Waals surface area contributed by atoms with Crippen molar-refractivity contribution in [3.05, 3.63) is 94.0 Å². The summed E-state index contributed by atoms with van der Waals surface area (Å²) in [6, 6.07) is 18.2. The maximum Gasteiger partial charge on any atom is 0.295 e. The molecule has 0 saturated carbocycles. The maximum absolute atomic E-state index is 13.4. The summed E-state index contributed by atoms with van der Waals surface area (Å²) in [4.78, 5) is 28.2. The van der Waals surface area contributed by atoms with Crippen molar-refractivity contribution >= 4 is 29.1 Å². The van der Waals surface area contributed by atoms with E-state index in [0.29, 0.717) is 27.8 Å². The summed E-state index contributed by atoms with van der Waals surface area (Å²) in [5, 5.41) is 11.8. The minimum atomic E-state index is -0.873. The van der Waals surface area contributed by atoms with E-state index in [9.17, 15) is 14.7 Å². The fraction of sp³-hybridized carbons (Fsp3) is 0.241. The number of hydrogen-bond acceptors (Lipinski definition) is 6. The number of para-hydroxylation sites is 1. The average molecular weight is 522 g/mol. The molecular weight excluding hydrogens is 494 g/mol. The number of nitrogens with zero attached hydrogens (tertiary/aromatic N) is 1. The van der Waals surface area contributed by atoms with Gasteiger partial charge in [-0.15, -0.1) is 0 Å². The molecule has 0 radical (unpaired) electrons. The van der Waals surface area contributed by atoms with Crippen LogP contribution in [-0.2, 0) is 16.1 Å². The molecule has 4 rings (SSSR count). The van der Waals surface area contributed by atoms with Crippen LogP contribution in [0.3, 0.4) is 0 Å². The number of benzene rings is 3. The fourth-order valence-corrected chi connectivity index (χ4v) is 4.59. The van der Waals surface area contributed by atoms with Crippen molar-refractivity contribution in [2.75, 3.05) is 14.2 Å². The number of carbonyl (C=O) groups is 2. The van der Waals surface area contributed by atoms with Gasteiger partial charge in [0.1, 0.15) is 23.0 Å². The Kier molecular flexibility index (Phi) is 7.74. The number of likely N-dealkylation sites (tertiary alicyclic amines) is 1. The number of amides is 1. The molecule has 1 heterocycles. The Hall–Kier alpha value is -3.97. The Morgan fingerprint density at radius 3 is 2.30 bits per heavy atom. The van der Waals surface area contributed by atoms with Gasteiger partial charge in [0, 0.05) is 10.6 Å². The van der Waals surface area contributed by atoms with Crippen molar-refractivity contribution in [1.29, 1.82) is 0 Å². The monoisotopic (exact) mass is 521 g/mol. The Bertz CT molecular complexity index is 1350. The Morgan fingerprint density at radius 1 is 0.973 bits per heavy atom. The van der Waals surface area contributed by atoms with Gasteiger partial charge in [-0.1, -0.05) is 41.9 Å². The standard InChI is InChI=1S/C29H28ClNO6/c1-17(2)37-21-12-9-18(10-13-21)26-25(27(32)22-15-20(30)11-14-24(22)36-4)28(33)29(34)31(26)16-19-7-5-6-8-23(19)35-3/h5-15,17,26,32H,16H2,1-4H3/b27-25+. The second kappa shape index (κ2) is 11.0. The van der Waals surface area contributed by atoms with Crippen molar-refractivity contribution in [2.24, 2.45) is 0 Å². The lowest BCUT2D eigenvalue weighted by molar-refractivity contribution is -0.140. The van der Waals surface area contributed by atoms with E-state index in [1.807, 2.05) is 32.0 Å². The summed E-state index contributed by atoms with van der Waals surface area (Å²) >= 11 is 6.19. The van der Waals surface area contributed by atoms with Gasteiger partial charge in [-0.05, 0) is 55.8 Å². The molecule has 0 bridgehead atoms. The molecule has 3 aromatic rings. The number of hydrogen-bond donors (Lipinski definition) is 1. The van der Waals surface area contributed by atoms with Crippen LogP contribution in [0.2, 0.25) is 5.02 Å². The quantitative estimate of drug-likeness (QED) is 0.230. The van der Waals surface area contributed by atoms with E-state index in [1.165, 1.54) is 18.1 Å². The predicted octanol–water partition coefficient (Wildman–Crippen LogP) is 5.77. The van der Waals surface area contributed by atoms with Crippen molar-refractivity contribution in [3.8, 4) is 17.2 Å². The summed E-state index contributed by atoms with van der Waals surface area (Å²) in [5.41, 5.74) is 1.51. The molecular formula is C29H28ClNO6. The van der Waals surface area contributed by atoms with Crippen LogP contribution in [0.5, 0.6) is 17.2 Å². The first-order valence-corrected chi connectivity index (χ1v) is 12.1. The largest absolute Gasteiger partial charge is 0.507 e. The van der Waals surface area contributed by atoms with Crippen LogP contribution in [0.4, 0.5) is 0 Å². The SMILES string of the molecule is COc1ccccc1CN1C(=O)C(=O)/C(=C(/O)c2cc(Cl)ccc2OC)C1c1ccc(OC(C)C)cc1. The molecule has 37 heavy (non-hydrogen) atoms. The smallest absolute Gasteiger partial charge is 0.295 e. The van der Waals surface area contributed by atoms with Gasteiger partial charge in [0.2, 0.25) is 0 Å². The molecule has 1 saturated heterocycles. The van der Waals surface area contributed by atoms with Crippen molar-refractivity contribution in [2.45, 2.75) is 32.5 Å². The number of aliphatic hydroxyl groups is 1. The van der Waals surface area contributed by atoms with E-state index in [-0.39, 0.29) is 29.5 Å². The molecule has 0 aromatic heterocycles. The highest BCUT2D eigenvalue weighted by atomic mass is 35.5. The van der Waals surface area contributed by atoms with Crippen molar-refractivity contribution in [3.63, 3.8) is 0 Å². The average Bonchev–Trinajstić information content (AvgIpc) is 3.13. The number of methoxy groups -OCH3 is 2. The van der Waals surface area contributed by atoms with E-state index in [2.05, 4.69) is 0 Å². The number of Topliss-reactive ketones (excluding diaryl/α,β-unsaturated/α-hetero) is 1. The molecule has 1 atom stereocenters. The molecule has 1 N–H and O–H groups in total. The van der Waals surface area contributed by atoms with Crippen LogP contribution in [0.15, 0.2) is 72.3 Å². The third-order valence-electron chi connectivity index (χ3n) is 6.06. The molecule has 0 spiro atoms. The van der Waals surface area contributed by atoms with Crippen LogP contribution in [-0.4, -0.2) is 42.0 Å². The summed E-state index contributed by atoms with van der Waals surface area (Å²) in [7, 11) is 2.99. The molecule has 8 heteroatoms. The zero-order valence-electron chi connectivity index (χ0n) is 21.0. The highest BCUT2D eigenvalue weighted by molar-refractivity contribution is 6.46. The van der Waals surface area contributed by atoms with E-state index in [1.54, 1.807) is 49.6 Å². The lowest BCUT2D eigenvalue weighted by Gasteiger charge is -2.26. The fourth-order valence-electron chi connectivity index (χ4n) is 4.42. The van der Waals surface area contributed by atoms with Crippen LogP contribution >= 0.6 is 11.6 Å². The summed E-state index contributed by atoms with van der Waals surface area (Å²) in [5.74, 6) is -0.356. The highest BCUT2D eigenvalue weighted by Crippen LogP contribution is 2.43. The van der Waals surface area contributed by atoms with Crippen LogP contribution < -0.4 is 14.2 Å². The number of carbonyl (C=O) groups excluding carboxylic acids is 2. The Balaban J connectivity index is 1.88. The first-order valence-electron chi connectivity index (χ1n) is 11.8. The molecule has 1 aliphatic heterocycles. The van der Waals surface area contributed by atoms with Gasteiger partial charge in [-0.3, -0.25) is 9.59 Å². The van der Waals surface area contributed by atoms with Gasteiger partial charge in [0.15, 0.2) is 0 Å². The van der Waals surface area contributed by atoms with E-state index >= 15 is 0 Å². The normalized spacial score (nSPS) is 16.8. The molecule has 7 nitrogen and oxygen atoms in total. The third kappa shape index (κ3) is 5.27.